The van der Waals surface area contributed by atoms with E-state index in [1.807, 2.05) is 12.1 Å². The van der Waals surface area contributed by atoms with Crippen LogP contribution in [0.25, 0.3) is 0 Å². The van der Waals surface area contributed by atoms with Gasteiger partial charge in [0.1, 0.15) is 0 Å². The average Bonchev–Trinajstić information content (AvgIpc) is 2.35. The standard InChI is InChI=1S/C13H11ClINO2S/c14-13-4-2-1-3-10(13)9-19(17,18)16-12-7-5-11(15)6-8-12/h1-8,16H,9H2. The fourth-order valence-corrected chi connectivity index (χ4v) is 3.42. The lowest BCUT2D eigenvalue weighted by molar-refractivity contribution is 0.600. The molecule has 0 atom stereocenters. The summed E-state index contributed by atoms with van der Waals surface area (Å²) in [6.07, 6.45) is 0. The predicted octanol–water partition coefficient (Wildman–Crippen LogP) is 3.89. The maximum atomic E-state index is 12.0. The molecule has 0 saturated heterocycles. The minimum Gasteiger partial charge on any atom is -0.283 e. The third kappa shape index (κ3) is 4.36. The second-order valence-electron chi connectivity index (χ2n) is 3.96. The first-order chi connectivity index (χ1) is 8.96. The molecule has 6 heteroatoms. The van der Waals surface area contributed by atoms with E-state index in [1.165, 1.54) is 0 Å². The summed E-state index contributed by atoms with van der Waals surface area (Å²) >= 11 is 8.12. The summed E-state index contributed by atoms with van der Waals surface area (Å²) in [5.74, 6) is -0.140. The van der Waals surface area contributed by atoms with Crippen LogP contribution >= 0.6 is 34.2 Å². The van der Waals surface area contributed by atoms with Gasteiger partial charge in [-0.15, -0.1) is 0 Å². The van der Waals surface area contributed by atoms with E-state index in [4.69, 9.17) is 11.6 Å². The number of hydrogen-bond donors (Lipinski definition) is 1. The van der Waals surface area contributed by atoms with Crippen molar-refractivity contribution in [3.05, 3.63) is 62.7 Å². The average molecular weight is 408 g/mol. The molecule has 0 aliphatic rings. The van der Waals surface area contributed by atoms with E-state index in [9.17, 15) is 8.42 Å². The summed E-state index contributed by atoms with van der Waals surface area (Å²) in [5, 5.41) is 0.454. The second kappa shape index (κ2) is 6.11. The predicted molar refractivity (Wildman–Crippen MR) is 86.9 cm³/mol. The molecule has 0 heterocycles. The molecule has 0 radical (unpaired) electrons. The van der Waals surface area contributed by atoms with Crippen LogP contribution in [0.1, 0.15) is 5.56 Å². The maximum Gasteiger partial charge on any atom is 0.236 e. The molecule has 2 aromatic rings. The zero-order valence-corrected chi connectivity index (χ0v) is 13.5. The fourth-order valence-electron chi connectivity index (χ4n) is 1.55. The van der Waals surface area contributed by atoms with E-state index in [1.54, 1.807) is 36.4 Å². The first-order valence-corrected chi connectivity index (χ1v) is 8.57. The van der Waals surface area contributed by atoms with Gasteiger partial charge in [-0.1, -0.05) is 29.8 Å². The molecule has 2 rings (SSSR count). The lowest BCUT2D eigenvalue weighted by Crippen LogP contribution is -2.15. The Morgan fingerprint density at radius 3 is 2.32 bits per heavy atom. The zero-order valence-electron chi connectivity index (χ0n) is 9.81. The van der Waals surface area contributed by atoms with Crippen molar-refractivity contribution in [2.24, 2.45) is 0 Å². The van der Waals surface area contributed by atoms with Crippen LogP contribution in [-0.2, 0) is 15.8 Å². The molecular weight excluding hydrogens is 397 g/mol. The first-order valence-electron chi connectivity index (χ1n) is 5.46. The highest BCUT2D eigenvalue weighted by atomic mass is 127. The van der Waals surface area contributed by atoms with Crippen molar-refractivity contribution in [2.75, 3.05) is 4.72 Å². The minimum absolute atomic E-state index is 0.140. The highest BCUT2D eigenvalue weighted by Crippen LogP contribution is 2.19. The number of anilines is 1. The van der Waals surface area contributed by atoms with Crippen LogP contribution in [0.4, 0.5) is 5.69 Å². The van der Waals surface area contributed by atoms with Crippen molar-refractivity contribution in [1.82, 2.24) is 0 Å². The fraction of sp³-hybridized carbons (Fsp3) is 0.0769. The lowest BCUT2D eigenvalue weighted by Gasteiger charge is -2.09. The molecule has 1 N–H and O–H groups in total. The number of rotatable bonds is 4. The van der Waals surface area contributed by atoms with Gasteiger partial charge in [-0.25, -0.2) is 8.42 Å². The number of nitrogens with one attached hydrogen (secondary N) is 1. The van der Waals surface area contributed by atoms with Crippen molar-refractivity contribution in [1.29, 1.82) is 0 Å². The van der Waals surface area contributed by atoms with E-state index in [-0.39, 0.29) is 5.75 Å². The summed E-state index contributed by atoms with van der Waals surface area (Å²) in [4.78, 5) is 0. The van der Waals surface area contributed by atoms with E-state index in [0.717, 1.165) is 3.57 Å². The number of benzene rings is 2. The number of hydrogen-bond acceptors (Lipinski definition) is 2. The Morgan fingerprint density at radius 1 is 1.05 bits per heavy atom. The molecular formula is C13H11ClINO2S. The van der Waals surface area contributed by atoms with Crippen molar-refractivity contribution in [2.45, 2.75) is 5.75 Å². The Balaban J connectivity index is 2.15. The molecule has 0 unspecified atom stereocenters. The lowest BCUT2D eigenvalue weighted by atomic mass is 10.2. The van der Waals surface area contributed by atoms with Crippen LogP contribution in [0.2, 0.25) is 5.02 Å². The molecule has 0 spiro atoms. The SMILES string of the molecule is O=S(=O)(Cc1ccccc1Cl)Nc1ccc(I)cc1. The van der Waals surface area contributed by atoms with E-state index in [0.29, 0.717) is 16.3 Å². The van der Waals surface area contributed by atoms with Gasteiger partial charge in [0.25, 0.3) is 0 Å². The summed E-state index contributed by atoms with van der Waals surface area (Å²) in [7, 11) is -3.46. The van der Waals surface area contributed by atoms with Gasteiger partial charge < -0.3 is 0 Å². The molecule has 0 fully saturated rings. The third-order valence-electron chi connectivity index (χ3n) is 2.42. The zero-order chi connectivity index (χ0) is 13.9. The summed E-state index contributed by atoms with van der Waals surface area (Å²) < 4.78 is 27.6. The molecule has 0 aromatic heterocycles. The van der Waals surface area contributed by atoms with Gasteiger partial charge in [-0.05, 0) is 58.5 Å². The van der Waals surface area contributed by atoms with E-state index >= 15 is 0 Å². The largest absolute Gasteiger partial charge is 0.283 e. The van der Waals surface area contributed by atoms with Crippen molar-refractivity contribution in [3.8, 4) is 0 Å². The van der Waals surface area contributed by atoms with Gasteiger partial charge in [-0.3, -0.25) is 4.72 Å². The molecule has 100 valence electrons. The second-order valence-corrected chi connectivity index (χ2v) is 7.33. The molecule has 19 heavy (non-hydrogen) atoms. The topological polar surface area (TPSA) is 46.2 Å². The summed E-state index contributed by atoms with van der Waals surface area (Å²) in [5.41, 5.74) is 1.13. The molecule has 2 aromatic carbocycles. The Bertz CT molecular complexity index is 671. The Morgan fingerprint density at radius 2 is 1.68 bits per heavy atom. The normalized spacial score (nSPS) is 11.3. The van der Waals surface area contributed by atoms with Gasteiger partial charge in [0.15, 0.2) is 0 Å². The molecule has 0 aliphatic carbocycles. The van der Waals surface area contributed by atoms with Crippen LogP contribution in [-0.4, -0.2) is 8.42 Å². The van der Waals surface area contributed by atoms with Crippen molar-refractivity contribution in [3.63, 3.8) is 0 Å². The quantitative estimate of drug-likeness (QED) is 0.782. The van der Waals surface area contributed by atoms with Crippen LogP contribution in [0.3, 0.4) is 0 Å². The molecule has 0 aliphatic heterocycles. The number of sulfonamides is 1. The molecule has 3 nitrogen and oxygen atoms in total. The first kappa shape index (κ1) is 14.6. The van der Waals surface area contributed by atoms with Gasteiger partial charge in [0.2, 0.25) is 10.0 Å². The van der Waals surface area contributed by atoms with Crippen LogP contribution in [0, 0.1) is 3.57 Å². The summed E-state index contributed by atoms with van der Waals surface area (Å²) in [6, 6.07) is 14.1. The minimum atomic E-state index is -3.46. The van der Waals surface area contributed by atoms with E-state index < -0.39 is 10.0 Å². The van der Waals surface area contributed by atoms with E-state index in [2.05, 4.69) is 27.3 Å². The van der Waals surface area contributed by atoms with Crippen molar-refractivity contribution >= 4 is 49.9 Å². The molecule has 0 saturated carbocycles. The number of halogens is 2. The van der Waals surface area contributed by atoms with Crippen molar-refractivity contribution < 1.29 is 8.42 Å². The van der Waals surface area contributed by atoms with Crippen LogP contribution in [0.15, 0.2) is 48.5 Å². The smallest absolute Gasteiger partial charge is 0.236 e. The highest BCUT2D eigenvalue weighted by Gasteiger charge is 2.13. The Hall–Kier alpha value is -0.790. The molecule has 0 amide bonds. The Labute approximate surface area is 131 Å². The maximum absolute atomic E-state index is 12.0. The van der Waals surface area contributed by atoms with Gasteiger partial charge in [0, 0.05) is 14.3 Å². The monoisotopic (exact) mass is 407 g/mol. The van der Waals surface area contributed by atoms with Crippen LogP contribution in [0.5, 0.6) is 0 Å². The molecule has 0 bridgehead atoms. The third-order valence-corrected chi connectivity index (χ3v) is 4.75. The van der Waals surface area contributed by atoms with Gasteiger partial charge in [-0.2, -0.15) is 0 Å². The van der Waals surface area contributed by atoms with Gasteiger partial charge >= 0.3 is 0 Å². The van der Waals surface area contributed by atoms with Crippen LogP contribution < -0.4 is 4.72 Å². The Kier molecular flexibility index (Phi) is 4.70. The van der Waals surface area contributed by atoms with Gasteiger partial charge in [0.05, 0.1) is 5.75 Å². The highest BCUT2D eigenvalue weighted by molar-refractivity contribution is 14.1. The summed E-state index contributed by atoms with van der Waals surface area (Å²) in [6.45, 7) is 0.